The third-order valence-electron chi connectivity index (χ3n) is 6.00. The van der Waals surface area contributed by atoms with Gasteiger partial charge in [0, 0.05) is 28.7 Å². The predicted molar refractivity (Wildman–Crippen MR) is 110 cm³/mol. The van der Waals surface area contributed by atoms with E-state index in [1.807, 2.05) is 25.1 Å². The van der Waals surface area contributed by atoms with Crippen molar-refractivity contribution < 1.29 is 29.3 Å². The molecule has 3 aliphatic heterocycles. The number of fused-ring (bicyclic) bond motifs is 4. The van der Waals surface area contributed by atoms with E-state index in [0.29, 0.717) is 47.1 Å². The van der Waals surface area contributed by atoms with E-state index in [1.165, 1.54) is 0 Å². The van der Waals surface area contributed by atoms with Crippen LogP contribution in [0.25, 0.3) is 0 Å². The number of methoxy groups -OCH3 is 1. The Balaban J connectivity index is 1.57. The van der Waals surface area contributed by atoms with E-state index in [0.717, 1.165) is 16.7 Å². The molecule has 2 N–H and O–H groups in total. The molecule has 0 fully saturated rings. The van der Waals surface area contributed by atoms with Gasteiger partial charge >= 0.3 is 0 Å². The van der Waals surface area contributed by atoms with E-state index in [-0.39, 0.29) is 30.5 Å². The van der Waals surface area contributed by atoms with E-state index in [4.69, 9.17) is 19.0 Å². The molecule has 156 valence electrons. The van der Waals surface area contributed by atoms with Gasteiger partial charge in [0.25, 0.3) is 0 Å². The van der Waals surface area contributed by atoms with Crippen molar-refractivity contribution in [1.82, 2.24) is 0 Å². The first-order valence-corrected chi connectivity index (χ1v) is 9.87. The number of ether oxygens (including phenoxy) is 3. The summed E-state index contributed by atoms with van der Waals surface area (Å²) in [6.07, 6.45) is 0.129. The number of hydrogen-bond acceptors (Lipinski definition) is 7. The number of phenols is 1. The second-order valence-corrected chi connectivity index (χ2v) is 7.86. The Morgan fingerprint density at radius 3 is 2.87 bits per heavy atom. The van der Waals surface area contributed by atoms with Crippen LogP contribution in [-0.2, 0) is 17.9 Å². The van der Waals surface area contributed by atoms with Crippen LogP contribution in [0.2, 0.25) is 0 Å². The Kier molecular flexibility index (Phi) is 4.36. The molecule has 30 heavy (non-hydrogen) atoms. The van der Waals surface area contributed by atoms with Gasteiger partial charge in [0.05, 0.1) is 19.6 Å². The molecule has 2 unspecified atom stereocenters. The minimum atomic E-state index is -0.302. The maximum atomic E-state index is 11.1. The van der Waals surface area contributed by atoms with Crippen LogP contribution in [0.1, 0.15) is 35.1 Å². The van der Waals surface area contributed by atoms with Crippen LogP contribution in [0.5, 0.6) is 23.0 Å². The summed E-state index contributed by atoms with van der Waals surface area (Å²) in [5.74, 6) is 1.83. The van der Waals surface area contributed by atoms with Gasteiger partial charge in [-0.1, -0.05) is 11.7 Å². The van der Waals surface area contributed by atoms with Crippen molar-refractivity contribution in [1.29, 1.82) is 0 Å². The van der Waals surface area contributed by atoms with Gasteiger partial charge in [0.2, 0.25) is 0 Å². The second-order valence-electron chi connectivity index (χ2n) is 7.86. The third kappa shape index (κ3) is 2.73. The van der Waals surface area contributed by atoms with Gasteiger partial charge in [-0.15, -0.1) is 0 Å². The molecule has 7 heteroatoms. The molecule has 0 amide bonds. The van der Waals surface area contributed by atoms with Crippen molar-refractivity contribution in [2.45, 2.75) is 38.1 Å². The molecule has 3 aliphatic rings. The van der Waals surface area contributed by atoms with Crippen LogP contribution in [0.3, 0.4) is 0 Å². The molecule has 0 saturated carbocycles. The second kappa shape index (κ2) is 6.95. The summed E-state index contributed by atoms with van der Waals surface area (Å²) < 4.78 is 17.2. The SMILES string of the molecule is C=C(C)[C@H]1Cc2c(ccc(C3=NOC4COc5cc(CO)c(OC)cc5C34)c2O)O1. The molecule has 0 aliphatic carbocycles. The van der Waals surface area contributed by atoms with Crippen LogP contribution in [0.4, 0.5) is 0 Å². The zero-order chi connectivity index (χ0) is 21.0. The number of aromatic hydroxyl groups is 1. The van der Waals surface area contributed by atoms with Crippen molar-refractivity contribution in [3.8, 4) is 23.0 Å². The van der Waals surface area contributed by atoms with Crippen molar-refractivity contribution in [2.24, 2.45) is 5.16 Å². The first kappa shape index (κ1) is 18.8. The Bertz CT molecular complexity index is 1080. The Hall–Kier alpha value is -3.19. The van der Waals surface area contributed by atoms with Gasteiger partial charge in [-0.05, 0) is 36.8 Å². The highest BCUT2D eigenvalue weighted by Gasteiger charge is 2.43. The fourth-order valence-corrected chi connectivity index (χ4v) is 4.37. The largest absolute Gasteiger partial charge is 0.507 e. The number of oxime groups is 1. The fraction of sp³-hybridized carbons (Fsp3) is 0.348. The molecule has 0 bridgehead atoms. The molecule has 0 saturated heterocycles. The summed E-state index contributed by atoms with van der Waals surface area (Å²) in [5.41, 5.74) is 4.43. The van der Waals surface area contributed by atoms with Gasteiger partial charge in [-0.2, -0.15) is 0 Å². The van der Waals surface area contributed by atoms with Crippen molar-refractivity contribution >= 4 is 5.71 Å². The average Bonchev–Trinajstić information content (AvgIpc) is 3.38. The van der Waals surface area contributed by atoms with Crippen LogP contribution < -0.4 is 14.2 Å². The van der Waals surface area contributed by atoms with E-state index in [1.54, 1.807) is 13.2 Å². The lowest BCUT2D eigenvalue weighted by Crippen LogP contribution is -2.32. The van der Waals surface area contributed by atoms with E-state index >= 15 is 0 Å². The maximum absolute atomic E-state index is 11.1. The average molecular weight is 409 g/mol. The molecule has 3 atom stereocenters. The minimum Gasteiger partial charge on any atom is -0.507 e. The Morgan fingerprint density at radius 2 is 2.13 bits per heavy atom. The van der Waals surface area contributed by atoms with Crippen LogP contribution in [0.15, 0.2) is 41.6 Å². The smallest absolute Gasteiger partial charge is 0.173 e. The van der Waals surface area contributed by atoms with E-state index in [9.17, 15) is 10.2 Å². The van der Waals surface area contributed by atoms with E-state index < -0.39 is 0 Å². The standard InChI is InChI=1S/C23H23NO6/c1-11(2)17-8-15-16(29-17)5-4-13(23(15)26)22-21-14-7-18(27-3)12(9-25)6-19(14)28-10-20(21)30-24-22/h4-7,17,20-21,25-26H,1,8-10H2,2-3H3/t17-,20?,21?/m1/s1. The zero-order valence-electron chi connectivity index (χ0n) is 16.8. The Morgan fingerprint density at radius 1 is 1.30 bits per heavy atom. The topological polar surface area (TPSA) is 89.7 Å². The molecule has 2 aromatic rings. The molecule has 7 nitrogen and oxygen atoms in total. The molecular weight excluding hydrogens is 386 g/mol. The molecule has 0 spiro atoms. The number of nitrogens with zero attached hydrogens (tertiary/aromatic N) is 1. The fourth-order valence-electron chi connectivity index (χ4n) is 4.37. The molecular formula is C23H23NO6. The highest BCUT2D eigenvalue weighted by molar-refractivity contribution is 6.09. The summed E-state index contributed by atoms with van der Waals surface area (Å²) >= 11 is 0. The normalized spacial score (nSPS) is 23.3. The summed E-state index contributed by atoms with van der Waals surface area (Å²) in [6, 6.07) is 7.31. The van der Waals surface area contributed by atoms with E-state index in [2.05, 4.69) is 11.7 Å². The van der Waals surface area contributed by atoms with Crippen molar-refractivity contribution in [2.75, 3.05) is 13.7 Å². The third-order valence-corrected chi connectivity index (χ3v) is 6.00. The first-order valence-electron chi connectivity index (χ1n) is 9.87. The van der Waals surface area contributed by atoms with Gasteiger partial charge in [-0.25, -0.2) is 0 Å². The minimum absolute atomic E-state index is 0.138. The summed E-state index contributed by atoms with van der Waals surface area (Å²) in [7, 11) is 1.56. The van der Waals surface area contributed by atoms with Gasteiger partial charge in [-0.3, -0.25) is 0 Å². The van der Waals surface area contributed by atoms with Crippen LogP contribution >= 0.6 is 0 Å². The summed E-state index contributed by atoms with van der Waals surface area (Å²) in [5, 5.41) is 25.0. The van der Waals surface area contributed by atoms with Crippen LogP contribution in [0, 0.1) is 0 Å². The molecule has 3 heterocycles. The highest BCUT2D eigenvalue weighted by Crippen LogP contribution is 2.47. The number of hydrogen-bond donors (Lipinski definition) is 2. The number of aliphatic hydroxyl groups excluding tert-OH is 1. The molecule has 0 radical (unpaired) electrons. The van der Waals surface area contributed by atoms with Gasteiger partial charge in [0.15, 0.2) is 6.10 Å². The number of benzene rings is 2. The monoisotopic (exact) mass is 409 g/mol. The number of rotatable bonds is 4. The van der Waals surface area contributed by atoms with Crippen molar-refractivity contribution in [3.63, 3.8) is 0 Å². The molecule has 0 aromatic heterocycles. The highest BCUT2D eigenvalue weighted by atomic mass is 16.7. The number of phenolic OH excluding ortho intramolecular Hbond substituents is 1. The summed E-state index contributed by atoms with van der Waals surface area (Å²) in [6.45, 7) is 6.06. The quantitative estimate of drug-likeness (QED) is 0.755. The Labute approximate surface area is 174 Å². The lowest BCUT2D eigenvalue weighted by molar-refractivity contribution is 0.0285. The molecule has 5 rings (SSSR count). The number of aliphatic hydroxyl groups is 1. The summed E-state index contributed by atoms with van der Waals surface area (Å²) in [4.78, 5) is 5.66. The van der Waals surface area contributed by atoms with Gasteiger partial charge in [0.1, 0.15) is 41.4 Å². The molecule has 2 aromatic carbocycles. The predicted octanol–water partition coefficient (Wildman–Crippen LogP) is 3.05. The maximum Gasteiger partial charge on any atom is 0.173 e. The lowest BCUT2D eigenvalue weighted by atomic mass is 9.83. The van der Waals surface area contributed by atoms with Crippen molar-refractivity contribution in [3.05, 3.63) is 58.7 Å². The first-order chi connectivity index (χ1) is 14.5. The van der Waals surface area contributed by atoms with Gasteiger partial charge < -0.3 is 29.3 Å². The zero-order valence-corrected chi connectivity index (χ0v) is 16.8. The lowest BCUT2D eigenvalue weighted by Gasteiger charge is -2.28. The van der Waals surface area contributed by atoms with Crippen LogP contribution in [-0.4, -0.2) is 41.8 Å².